The predicted molar refractivity (Wildman–Crippen MR) is 67.5 cm³/mol. The largest absolute Gasteiger partial charge is 0.384 e. The highest BCUT2D eigenvalue weighted by Crippen LogP contribution is 2.29. The summed E-state index contributed by atoms with van der Waals surface area (Å²) in [6.07, 6.45) is 0. The third kappa shape index (κ3) is 1.78. The number of anilines is 1. The topological polar surface area (TPSA) is 43.8 Å². The fourth-order valence-electron chi connectivity index (χ4n) is 1.69. The molecule has 0 amide bonds. The van der Waals surface area contributed by atoms with E-state index in [9.17, 15) is 0 Å². The van der Waals surface area contributed by atoms with Crippen LogP contribution in [0.5, 0.6) is 0 Å². The Morgan fingerprint density at radius 1 is 1.25 bits per heavy atom. The molecule has 1 aromatic carbocycles. The lowest BCUT2D eigenvalue weighted by molar-refractivity contribution is 0.782. The molecule has 0 spiro atoms. The van der Waals surface area contributed by atoms with Gasteiger partial charge < -0.3 is 5.73 Å². The van der Waals surface area contributed by atoms with Crippen LogP contribution in [-0.2, 0) is 7.05 Å². The molecule has 2 aromatic rings. The molecule has 1 aromatic heterocycles. The van der Waals surface area contributed by atoms with Gasteiger partial charge in [0.15, 0.2) is 0 Å². The molecule has 0 fully saturated rings. The van der Waals surface area contributed by atoms with E-state index in [0.29, 0.717) is 5.82 Å². The van der Waals surface area contributed by atoms with Crippen molar-refractivity contribution in [3.63, 3.8) is 0 Å². The lowest BCUT2D eigenvalue weighted by Gasteiger charge is -2.06. The molecular formula is C12H14ClN3. The van der Waals surface area contributed by atoms with Gasteiger partial charge in [-0.15, -0.1) is 0 Å². The van der Waals surface area contributed by atoms with Gasteiger partial charge in [-0.1, -0.05) is 11.6 Å². The van der Waals surface area contributed by atoms with E-state index in [1.165, 1.54) is 0 Å². The van der Waals surface area contributed by atoms with E-state index in [0.717, 1.165) is 27.4 Å². The summed E-state index contributed by atoms with van der Waals surface area (Å²) in [6, 6.07) is 5.88. The molecule has 2 rings (SSSR count). The maximum absolute atomic E-state index is 6.15. The minimum absolute atomic E-state index is 0.645. The summed E-state index contributed by atoms with van der Waals surface area (Å²) in [4.78, 5) is 0. The third-order valence-corrected chi connectivity index (χ3v) is 3.07. The summed E-state index contributed by atoms with van der Waals surface area (Å²) in [6.45, 7) is 4.00. The van der Waals surface area contributed by atoms with Crippen molar-refractivity contribution in [2.24, 2.45) is 7.05 Å². The van der Waals surface area contributed by atoms with Crippen LogP contribution in [-0.4, -0.2) is 9.78 Å². The summed E-state index contributed by atoms with van der Waals surface area (Å²) in [5.41, 5.74) is 9.83. The van der Waals surface area contributed by atoms with E-state index >= 15 is 0 Å². The maximum Gasteiger partial charge on any atom is 0.121 e. The quantitative estimate of drug-likeness (QED) is 0.826. The molecule has 0 saturated heterocycles. The van der Waals surface area contributed by atoms with Gasteiger partial charge in [-0.3, -0.25) is 4.68 Å². The van der Waals surface area contributed by atoms with Crippen LogP contribution < -0.4 is 5.73 Å². The number of nitrogen functional groups attached to an aromatic ring is 1. The first kappa shape index (κ1) is 11.0. The number of hydrogen-bond acceptors (Lipinski definition) is 2. The Labute approximate surface area is 99.8 Å². The van der Waals surface area contributed by atoms with Gasteiger partial charge >= 0.3 is 0 Å². The normalized spacial score (nSPS) is 10.8. The molecule has 0 aliphatic heterocycles. The molecule has 0 saturated carbocycles. The average Bonchev–Trinajstić information content (AvgIpc) is 2.53. The Morgan fingerprint density at radius 2 is 1.94 bits per heavy atom. The Bertz CT molecular complexity index is 524. The van der Waals surface area contributed by atoms with Crippen LogP contribution >= 0.6 is 11.6 Å². The van der Waals surface area contributed by atoms with Crippen molar-refractivity contribution in [1.29, 1.82) is 0 Å². The third-order valence-electron chi connectivity index (χ3n) is 2.68. The van der Waals surface area contributed by atoms with Gasteiger partial charge in [0.05, 0.1) is 5.69 Å². The Hall–Kier alpha value is -1.48. The Morgan fingerprint density at radius 3 is 2.50 bits per heavy atom. The molecular weight excluding hydrogens is 222 g/mol. The van der Waals surface area contributed by atoms with Crippen LogP contribution in [0, 0.1) is 13.8 Å². The number of aryl methyl sites for hydroxylation is 2. The van der Waals surface area contributed by atoms with Gasteiger partial charge in [-0.25, -0.2) is 0 Å². The Balaban J connectivity index is 2.63. The highest BCUT2D eigenvalue weighted by atomic mass is 35.5. The van der Waals surface area contributed by atoms with Crippen molar-refractivity contribution < 1.29 is 0 Å². The lowest BCUT2D eigenvalue weighted by atomic mass is 10.0. The van der Waals surface area contributed by atoms with Gasteiger partial charge in [0.25, 0.3) is 0 Å². The first-order chi connectivity index (χ1) is 7.49. The minimum Gasteiger partial charge on any atom is -0.384 e. The van der Waals surface area contributed by atoms with Gasteiger partial charge in [-0.2, -0.15) is 5.10 Å². The second kappa shape index (κ2) is 3.83. The highest BCUT2D eigenvalue weighted by molar-refractivity contribution is 6.31. The summed E-state index contributed by atoms with van der Waals surface area (Å²) in [5.74, 6) is 0.645. The molecule has 84 valence electrons. The van der Waals surface area contributed by atoms with E-state index in [-0.39, 0.29) is 0 Å². The summed E-state index contributed by atoms with van der Waals surface area (Å²) >= 11 is 6.15. The number of benzene rings is 1. The fourth-order valence-corrected chi connectivity index (χ4v) is 1.97. The van der Waals surface area contributed by atoms with E-state index < -0.39 is 0 Å². The molecule has 3 nitrogen and oxygen atoms in total. The zero-order valence-corrected chi connectivity index (χ0v) is 10.3. The number of halogens is 1. The van der Waals surface area contributed by atoms with E-state index in [4.69, 9.17) is 17.3 Å². The summed E-state index contributed by atoms with van der Waals surface area (Å²) in [5, 5.41) is 5.12. The van der Waals surface area contributed by atoms with Crippen LogP contribution in [0.1, 0.15) is 11.1 Å². The van der Waals surface area contributed by atoms with Crippen LogP contribution in [0.25, 0.3) is 11.3 Å². The molecule has 0 aliphatic rings. The lowest BCUT2D eigenvalue weighted by Crippen LogP contribution is -1.96. The zero-order valence-electron chi connectivity index (χ0n) is 9.58. The van der Waals surface area contributed by atoms with Crippen molar-refractivity contribution in [1.82, 2.24) is 9.78 Å². The van der Waals surface area contributed by atoms with Crippen molar-refractivity contribution in [3.8, 4) is 11.3 Å². The minimum atomic E-state index is 0.645. The second-order valence-electron chi connectivity index (χ2n) is 4.00. The van der Waals surface area contributed by atoms with Crippen LogP contribution in [0.4, 0.5) is 5.82 Å². The van der Waals surface area contributed by atoms with Crippen molar-refractivity contribution in [3.05, 3.63) is 34.3 Å². The first-order valence-electron chi connectivity index (χ1n) is 5.05. The van der Waals surface area contributed by atoms with E-state index in [1.807, 2.05) is 33.0 Å². The van der Waals surface area contributed by atoms with Crippen LogP contribution in [0.3, 0.4) is 0 Å². The number of nitrogens with zero attached hydrogens (tertiary/aromatic N) is 2. The summed E-state index contributed by atoms with van der Waals surface area (Å²) < 4.78 is 1.66. The van der Waals surface area contributed by atoms with E-state index in [1.54, 1.807) is 4.68 Å². The zero-order chi connectivity index (χ0) is 11.9. The molecule has 16 heavy (non-hydrogen) atoms. The van der Waals surface area contributed by atoms with Crippen molar-refractivity contribution in [2.75, 3.05) is 5.73 Å². The maximum atomic E-state index is 6.15. The average molecular weight is 236 g/mol. The molecule has 0 unspecified atom stereocenters. The molecule has 4 heteroatoms. The standard InChI is InChI=1S/C12H14ClN3/c1-7-4-9(8(2)10(13)5-7)11-6-12(14)16(3)15-11/h4-6H,14H2,1-3H3. The van der Waals surface area contributed by atoms with Crippen LogP contribution in [0.15, 0.2) is 18.2 Å². The summed E-state index contributed by atoms with van der Waals surface area (Å²) in [7, 11) is 1.82. The number of rotatable bonds is 1. The monoisotopic (exact) mass is 235 g/mol. The van der Waals surface area contributed by atoms with Crippen molar-refractivity contribution in [2.45, 2.75) is 13.8 Å². The fraction of sp³-hybridized carbons (Fsp3) is 0.250. The van der Waals surface area contributed by atoms with Crippen molar-refractivity contribution >= 4 is 17.4 Å². The van der Waals surface area contributed by atoms with Gasteiger partial charge in [-0.05, 0) is 37.1 Å². The second-order valence-corrected chi connectivity index (χ2v) is 4.40. The van der Waals surface area contributed by atoms with Gasteiger partial charge in [0, 0.05) is 23.7 Å². The highest BCUT2D eigenvalue weighted by Gasteiger charge is 2.10. The Kier molecular flexibility index (Phi) is 2.64. The van der Waals surface area contributed by atoms with Crippen LogP contribution in [0.2, 0.25) is 5.02 Å². The molecule has 1 heterocycles. The number of nitrogens with two attached hydrogens (primary N) is 1. The molecule has 0 aliphatic carbocycles. The molecule has 0 atom stereocenters. The predicted octanol–water partition coefficient (Wildman–Crippen LogP) is 2.94. The van der Waals surface area contributed by atoms with Gasteiger partial charge in [0.1, 0.15) is 5.82 Å². The molecule has 2 N–H and O–H groups in total. The van der Waals surface area contributed by atoms with E-state index in [2.05, 4.69) is 11.2 Å². The molecule has 0 radical (unpaired) electrons. The number of hydrogen-bond donors (Lipinski definition) is 1. The SMILES string of the molecule is Cc1cc(Cl)c(C)c(-c2cc(N)n(C)n2)c1. The smallest absolute Gasteiger partial charge is 0.121 e. The first-order valence-corrected chi connectivity index (χ1v) is 5.43. The van der Waals surface area contributed by atoms with Gasteiger partial charge in [0.2, 0.25) is 0 Å². The molecule has 0 bridgehead atoms. The number of aromatic nitrogens is 2.